The largest absolute Gasteiger partial charge is 0.493 e. The zero-order valence-corrected chi connectivity index (χ0v) is 17.7. The van der Waals surface area contributed by atoms with E-state index in [0.29, 0.717) is 36.0 Å². The van der Waals surface area contributed by atoms with Crippen LogP contribution >= 0.6 is 0 Å². The van der Waals surface area contributed by atoms with Gasteiger partial charge in [-0.15, -0.1) is 0 Å². The van der Waals surface area contributed by atoms with Crippen molar-refractivity contribution in [2.75, 3.05) is 39.7 Å². The average Bonchev–Trinajstić information content (AvgIpc) is 3.37. The number of amides is 1. The smallest absolute Gasteiger partial charge is 0.272 e. The molecular formula is C19H25N3O6S. The molecule has 1 saturated heterocycles. The molecule has 1 amide bonds. The molecule has 1 aromatic carbocycles. The van der Waals surface area contributed by atoms with E-state index in [1.54, 1.807) is 19.2 Å². The van der Waals surface area contributed by atoms with E-state index in [2.05, 4.69) is 5.32 Å². The Morgan fingerprint density at radius 1 is 1.00 bits per heavy atom. The number of anilines is 1. The molecule has 1 fully saturated rings. The Labute approximate surface area is 170 Å². The number of ether oxygens (including phenoxy) is 3. The van der Waals surface area contributed by atoms with Crippen molar-refractivity contribution in [3.8, 4) is 17.2 Å². The second-order valence-electron chi connectivity index (χ2n) is 6.65. The summed E-state index contributed by atoms with van der Waals surface area (Å²) in [4.78, 5) is 12.9. The number of sulfonamides is 1. The van der Waals surface area contributed by atoms with E-state index < -0.39 is 15.9 Å². The maximum Gasteiger partial charge on any atom is 0.272 e. The number of rotatable bonds is 7. The van der Waals surface area contributed by atoms with Crippen LogP contribution in [-0.4, -0.2) is 57.6 Å². The van der Waals surface area contributed by atoms with Gasteiger partial charge in [0.2, 0.25) is 15.8 Å². The third-order valence-electron chi connectivity index (χ3n) is 4.84. The van der Waals surface area contributed by atoms with E-state index in [0.717, 1.165) is 12.8 Å². The van der Waals surface area contributed by atoms with Crippen LogP contribution in [0, 0.1) is 0 Å². The first-order valence-electron chi connectivity index (χ1n) is 9.09. The summed E-state index contributed by atoms with van der Waals surface area (Å²) in [7, 11) is 2.49. The second-order valence-corrected chi connectivity index (χ2v) is 8.59. The van der Waals surface area contributed by atoms with Crippen LogP contribution in [0.2, 0.25) is 0 Å². The topological polar surface area (TPSA) is 99.1 Å². The summed E-state index contributed by atoms with van der Waals surface area (Å²) in [5, 5.41) is 2.75. The number of hydrogen-bond acceptors (Lipinski definition) is 6. The third-order valence-corrected chi connectivity index (χ3v) is 6.70. The lowest BCUT2D eigenvalue weighted by Crippen LogP contribution is -2.27. The number of aromatic nitrogens is 1. The van der Waals surface area contributed by atoms with Crippen LogP contribution in [0.4, 0.5) is 5.69 Å². The molecule has 9 nitrogen and oxygen atoms in total. The molecule has 1 aliphatic heterocycles. The summed E-state index contributed by atoms with van der Waals surface area (Å²) < 4.78 is 44.3. The van der Waals surface area contributed by atoms with Gasteiger partial charge in [-0.3, -0.25) is 4.79 Å². The minimum absolute atomic E-state index is 0.108. The summed E-state index contributed by atoms with van der Waals surface area (Å²) in [5.74, 6) is 0.744. The van der Waals surface area contributed by atoms with Crippen LogP contribution in [0.1, 0.15) is 23.3 Å². The zero-order chi connectivity index (χ0) is 21.2. The monoisotopic (exact) mass is 423 g/mol. The molecular weight excluding hydrogens is 398 g/mol. The van der Waals surface area contributed by atoms with E-state index >= 15 is 0 Å². The summed E-state index contributed by atoms with van der Waals surface area (Å²) in [6.07, 6.45) is 3.15. The lowest BCUT2D eigenvalue weighted by molar-refractivity contribution is 0.101. The molecule has 1 aromatic heterocycles. The Kier molecular flexibility index (Phi) is 6.04. The number of benzene rings is 1. The van der Waals surface area contributed by atoms with Gasteiger partial charge < -0.3 is 24.1 Å². The number of carbonyl (C=O) groups excluding carboxylic acids is 1. The normalized spacial score (nSPS) is 14.6. The average molecular weight is 423 g/mol. The fourth-order valence-corrected chi connectivity index (χ4v) is 4.92. The first-order valence-corrected chi connectivity index (χ1v) is 10.5. The fraction of sp³-hybridized carbons (Fsp3) is 0.421. The molecule has 0 aliphatic carbocycles. The number of nitrogens with one attached hydrogen (secondary N) is 1. The number of nitrogens with zero attached hydrogens (tertiary/aromatic N) is 2. The van der Waals surface area contributed by atoms with Crippen LogP contribution in [0.15, 0.2) is 29.3 Å². The van der Waals surface area contributed by atoms with Crippen LogP contribution in [0.5, 0.6) is 17.2 Å². The van der Waals surface area contributed by atoms with Crippen LogP contribution in [0.3, 0.4) is 0 Å². The van der Waals surface area contributed by atoms with Crippen LogP contribution in [0.25, 0.3) is 0 Å². The molecule has 2 heterocycles. The Bertz CT molecular complexity index is 984. The SMILES string of the molecule is COc1cc(NC(=O)c2cc(S(=O)(=O)N3CCCC3)cn2C)cc(OC)c1OC. The van der Waals surface area contributed by atoms with Crippen molar-refractivity contribution >= 4 is 21.6 Å². The third kappa shape index (κ3) is 4.03. The summed E-state index contributed by atoms with van der Waals surface area (Å²) in [5.41, 5.74) is 0.645. The molecule has 10 heteroatoms. The summed E-state index contributed by atoms with van der Waals surface area (Å²) in [6.45, 7) is 1.01. The zero-order valence-electron chi connectivity index (χ0n) is 16.9. The Hall–Kier alpha value is -2.72. The number of methoxy groups -OCH3 is 3. The first kappa shape index (κ1) is 21.0. The van der Waals surface area contributed by atoms with Gasteiger partial charge >= 0.3 is 0 Å². The highest BCUT2D eigenvalue weighted by atomic mass is 32.2. The lowest BCUT2D eigenvalue weighted by atomic mass is 10.2. The maximum absolute atomic E-state index is 12.8. The van der Waals surface area contributed by atoms with E-state index in [1.807, 2.05) is 0 Å². The van der Waals surface area contributed by atoms with E-state index in [9.17, 15) is 13.2 Å². The van der Waals surface area contributed by atoms with Crippen molar-refractivity contribution in [2.24, 2.45) is 7.05 Å². The number of hydrogen-bond donors (Lipinski definition) is 1. The molecule has 29 heavy (non-hydrogen) atoms. The van der Waals surface area contributed by atoms with Gasteiger partial charge in [0.25, 0.3) is 5.91 Å². The van der Waals surface area contributed by atoms with Crippen LogP contribution in [-0.2, 0) is 17.1 Å². The van der Waals surface area contributed by atoms with Gasteiger partial charge in [0, 0.05) is 44.2 Å². The Morgan fingerprint density at radius 3 is 2.10 bits per heavy atom. The predicted octanol–water partition coefficient (Wildman–Crippen LogP) is 2.09. The van der Waals surface area contributed by atoms with E-state index in [-0.39, 0.29) is 10.6 Å². The van der Waals surface area contributed by atoms with Gasteiger partial charge in [-0.05, 0) is 18.9 Å². The van der Waals surface area contributed by atoms with Crippen molar-refractivity contribution in [1.82, 2.24) is 8.87 Å². The van der Waals surface area contributed by atoms with Gasteiger partial charge in [-0.25, -0.2) is 8.42 Å². The highest BCUT2D eigenvalue weighted by molar-refractivity contribution is 7.89. The van der Waals surface area contributed by atoms with Crippen LogP contribution < -0.4 is 19.5 Å². The van der Waals surface area contributed by atoms with Crippen molar-refractivity contribution < 1.29 is 27.4 Å². The lowest BCUT2D eigenvalue weighted by Gasteiger charge is -2.14. The molecule has 0 radical (unpaired) electrons. The predicted molar refractivity (Wildman–Crippen MR) is 107 cm³/mol. The molecule has 158 valence electrons. The standard InChI is InChI=1S/C19H25N3O6S/c1-21-12-14(29(24,25)22-7-5-6-8-22)11-15(21)19(23)20-13-9-16(26-2)18(28-4)17(10-13)27-3/h9-12H,5-8H2,1-4H3,(H,20,23). The maximum atomic E-state index is 12.8. The molecule has 0 saturated carbocycles. The van der Waals surface area contributed by atoms with Gasteiger partial charge in [0.1, 0.15) is 10.6 Å². The minimum atomic E-state index is -3.60. The quantitative estimate of drug-likeness (QED) is 0.732. The summed E-state index contributed by atoms with van der Waals surface area (Å²) in [6, 6.07) is 4.59. The molecule has 0 unspecified atom stereocenters. The molecule has 0 spiro atoms. The second kappa shape index (κ2) is 8.34. The van der Waals surface area contributed by atoms with Gasteiger partial charge in [-0.1, -0.05) is 0 Å². The minimum Gasteiger partial charge on any atom is -0.493 e. The van der Waals surface area contributed by atoms with E-state index in [1.165, 1.54) is 42.5 Å². The van der Waals surface area contributed by atoms with E-state index in [4.69, 9.17) is 14.2 Å². The van der Waals surface area contributed by atoms with Gasteiger partial charge in [-0.2, -0.15) is 4.31 Å². The molecule has 1 aliphatic rings. The van der Waals surface area contributed by atoms with Crippen molar-refractivity contribution in [1.29, 1.82) is 0 Å². The van der Waals surface area contributed by atoms with Gasteiger partial charge in [0.05, 0.1) is 21.3 Å². The molecule has 0 bridgehead atoms. The Morgan fingerprint density at radius 2 is 1.59 bits per heavy atom. The highest BCUT2D eigenvalue weighted by Crippen LogP contribution is 2.40. The summed E-state index contributed by atoms with van der Waals surface area (Å²) >= 11 is 0. The molecule has 2 aromatic rings. The first-order chi connectivity index (χ1) is 13.8. The molecule has 0 atom stereocenters. The van der Waals surface area contributed by atoms with Crippen molar-refractivity contribution in [3.63, 3.8) is 0 Å². The van der Waals surface area contributed by atoms with Crippen molar-refractivity contribution in [3.05, 3.63) is 30.1 Å². The molecule has 1 N–H and O–H groups in total. The number of carbonyl (C=O) groups is 1. The van der Waals surface area contributed by atoms with Crippen molar-refractivity contribution in [2.45, 2.75) is 17.7 Å². The number of aryl methyl sites for hydroxylation is 1. The fourth-order valence-electron chi connectivity index (χ4n) is 3.33. The highest BCUT2D eigenvalue weighted by Gasteiger charge is 2.29. The Balaban J connectivity index is 1.88. The molecule has 3 rings (SSSR count). The van der Waals surface area contributed by atoms with Gasteiger partial charge in [0.15, 0.2) is 11.5 Å².